The van der Waals surface area contributed by atoms with Crippen molar-refractivity contribution in [1.82, 2.24) is 9.62 Å². The monoisotopic (exact) mass is 304 g/mol. The molecule has 6 heteroatoms. The van der Waals surface area contributed by atoms with Crippen LogP contribution in [0.2, 0.25) is 0 Å². The number of hydrogen-bond acceptors (Lipinski definition) is 3. The summed E-state index contributed by atoms with van der Waals surface area (Å²) in [7, 11) is -3.36. The van der Waals surface area contributed by atoms with Crippen molar-refractivity contribution in [3.8, 4) is 0 Å². The minimum Gasteiger partial charge on any atom is -0.341 e. The van der Waals surface area contributed by atoms with Gasteiger partial charge in [0.2, 0.25) is 15.9 Å². The summed E-state index contributed by atoms with van der Waals surface area (Å²) in [6.07, 6.45) is 4.05. The van der Waals surface area contributed by atoms with E-state index in [0.29, 0.717) is 12.8 Å². The van der Waals surface area contributed by atoms with Gasteiger partial charge in [-0.25, -0.2) is 13.1 Å². The average molecular weight is 304 g/mol. The van der Waals surface area contributed by atoms with Crippen LogP contribution in [0.15, 0.2) is 0 Å². The number of nitrogens with one attached hydrogen (secondary N) is 1. The number of unbranched alkanes of at least 4 members (excludes halogenated alkanes) is 1. The van der Waals surface area contributed by atoms with Crippen LogP contribution in [0.4, 0.5) is 0 Å². The molecule has 1 amide bonds. The van der Waals surface area contributed by atoms with Crippen LogP contribution in [0.25, 0.3) is 0 Å². The van der Waals surface area contributed by atoms with E-state index < -0.39 is 16.1 Å². The van der Waals surface area contributed by atoms with E-state index in [1.165, 1.54) is 0 Å². The minimum atomic E-state index is -3.36. The molecule has 1 saturated heterocycles. The van der Waals surface area contributed by atoms with Crippen molar-refractivity contribution in [3.05, 3.63) is 0 Å². The fourth-order valence-corrected chi connectivity index (χ4v) is 3.86. The lowest BCUT2D eigenvalue weighted by molar-refractivity contribution is -0.132. The summed E-state index contributed by atoms with van der Waals surface area (Å²) < 4.78 is 26.7. The normalized spacial score (nSPS) is 17.7. The molecule has 1 fully saturated rings. The molecule has 1 aliphatic rings. The van der Waals surface area contributed by atoms with Gasteiger partial charge in [-0.3, -0.25) is 4.79 Å². The van der Waals surface area contributed by atoms with E-state index in [1.54, 1.807) is 4.90 Å². The zero-order chi connectivity index (χ0) is 15.2. The van der Waals surface area contributed by atoms with Crippen LogP contribution >= 0.6 is 0 Å². The van der Waals surface area contributed by atoms with E-state index in [4.69, 9.17) is 0 Å². The van der Waals surface area contributed by atoms with Crippen molar-refractivity contribution in [3.63, 3.8) is 0 Å². The number of amides is 1. The molecule has 118 valence electrons. The molecule has 0 unspecified atom stereocenters. The van der Waals surface area contributed by atoms with E-state index in [1.807, 2.05) is 20.8 Å². The molecule has 0 aromatic heterocycles. The Hall–Kier alpha value is -0.620. The molecular weight excluding hydrogens is 276 g/mol. The molecule has 0 aromatic carbocycles. The zero-order valence-electron chi connectivity index (χ0n) is 12.9. The lowest BCUT2D eigenvalue weighted by Gasteiger charge is -2.25. The fraction of sp³-hybridized carbons (Fsp3) is 0.929. The highest BCUT2D eigenvalue weighted by Crippen LogP contribution is 2.14. The predicted octanol–water partition coefficient (Wildman–Crippen LogP) is 1.74. The number of carbonyl (C=O) groups is 1. The van der Waals surface area contributed by atoms with Crippen molar-refractivity contribution in [2.45, 2.75) is 58.9 Å². The first-order valence-corrected chi connectivity index (χ1v) is 9.29. The molecule has 1 N–H and O–H groups in total. The van der Waals surface area contributed by atoms with Gasteiger partial charge in [-0.1, -0.05) is 27.2 Å². The smallest absolute Gasteiger partial charge is 0.240 e. The van der Waals surface area contributed by atoms with Crippen molar-refractivity contribution in [2.75, 3.05) is 18.8 Å². The summed E-state index contributed by atoms with van der Waals surface area (Å²) in [5, 5.41) is 0. The Kier molecular flexibility index (Phi) is 6.95. The van der Waals surface area contributed by atoms with Gasteiger partial charge in [-0.05, 0) is 31.6 Å². The number of nitrogens with zero attached hydrogens (tertiary/aromatic N) is 1. The molecule has 0 saturated carbocycles. The van der Waals surface area contributed by atoms with E-state index in [0.717, 1.165) is 32.4 Å². The van der Waals surface area contributed by atoms with Gasteiger partial charge in [0.25, 0.3) is 0 Å². The van der Waals surface area contributed by atoms with E-state index >= 15 is 0 Å². The first-order valence-electron chi connectivity index (χ1n) is 7.64. The maximum Gasteiger partial charge on any atom is 0.240 e. The third-order valence-corrected chi connectivity index (χ3v) is 4.98. The van der Waals surface area contributed by atoms with Gasteiger partial charge in [0, 0.05) is 13.1 Å². The average Bonchev–Trinajstić information content (AvgIpc) is 2.87. The molecule has 1 heterocycles. The Balaban J connectivity index is 2.70. The predicted molar refractivity (Wildman–Crippen MR) is 80.9 cm³/mol. The van der Waals surface area contributed by atoms with Gasteiger partial charge in [-0.2, -0.15) is 0 Å². The van der Waals surface area contributed by atoms with Gasteiger partial charge >= 0.3 is 0 Å². The quantitative estimate of drug-likeness (QED) is 0.743. The molecule has 1 atom stereocenters. The second kappa shape index (κ2) is 7.98. The second-order valence-corrected chi connectivity index (χ2v) is 7.88. The number of carbonyl (C=O) groups excluding carboxylic acids is 1. The summed E-state index contributed by atoms with van der Waals surface area (Å²) in [6, 6.07) is -0.602. The number of likely N-dealkylation sites (tertiary alicyclic amines) is 1. The maximum atomic E-state index is 12.4. The number of sulfonamides is 1. The highest BCUT2D eigenvalue weighted by Gasteiger charge is 2.30. The van der Waals surface area contributed by atoms with Crippen LogP contribution < -0.4 is 4.72 Å². The SMILES string of the molecule is CCCCS(=O)(=O)N[C@@H](CC(C)C)C(=O)N1CCCC1. The third kappa shape index (κ3) is 5.79. The van der Waals surface area contributed by atoms with Crippen molar-refractivity contribution in [2.24, 2.45) is 5.92 Å². The van der Waals surface area contributed by atoms with Gasteiger partial charge in [0.05, 0.1) is 5.75 Å². The number of rotatable bonds is 8. The Labute approximate surface area is 123 Å². The Morgan fingerprint density at radius 2 is 1.85 bits per heavy atom. The summed E-state index contributed by atoms with van der Waals surface area (Å²) in [5.41, 5.74) is 0. The van der Waals surface area contributed by atoms with Gasteiger partial charge in [-0.15, -0.1) is 0 Å². The van der Waals surface area contributed by atoms with Crippen LogP contribution in [0, 0.1) is 5.92 Å². The van der Waals surface area contributed by atoms with Crippen LogP contribution in [0.5, 0.6) is 0 Å². The summed E-state index contributed by atoms with van der Waals surface area (Å²) in [6.45, 7) is 7.47. The van der Waals surface area contributed by atoms with E-state index in [-0.39, 0.29) is 17.6 Å². The molecule has 0 bridgehead atoms. The summed E-state index contributed by atoms with van der Waals surface area (Å²) in [4.78, 5) is 14.2. The molecule has 0 radical (unpaired) electrons. The molecule has 0 aromatic rings. The molecule has 0 aliphatic carbocycles. The minimum absolute atomic E-state index is 0.0590. The van der Waals surface area contributed by atoms with Crippen LogP contribution in [-0.2, 0) is 14.8 Å². The van der Waals surface area contributed by atoms with Gasteiger partial charge in [0.15, 0.2) is 0 Å². The first kappa shape index (κ1) is 17.4. The maximum absolute atomic E-state index is 12.4. The molecule has 1 aliphatic heterocycles. The molecule has 20 heavy (non-hydrogen) atoms. The zero-order valence-corrected chi connectivity index (χ0v) is 13.7. The highest BCUT2D eigenvalue weighted by atomic mass is 32.2. The standard InChI is InChI=1S/C14H28N2O3S/c1-4-5-10-20(18,19)15-13(11-12(2)3)14(17)16-8-6-7-9-16/h12-13,15H,4-11H2,1-3H3/t13-/m0/s1. The Morgan fingerprint density at radius 3 is 2.35 bits per heavy atom. The van der Waals surface area contributed by atoms with Crippen molar-refractivity contribution >= 4 is 15.9 Å². The molecule has 0 spiro atoms. The molecule has 5 nitrogen and oxygen atoms in total. The second-order valence-electron chi connectivity index (χ2n) is 6.00. The van der Waals surface area contributed by atoms with Crippen molar-refractivity contribution < 1.29 is 13.2 Å². The lowest BCUT2D eigenvalue weighted by atomic mass is 10.0. The first-order chi connectivity index (χ1) is 9.35. The van der Waals surface area contributed by atoms with Crippen LogP contribution in [0.3, 0.4) is 0 Å². The van der Waals surface area contributed by atoms with Crippen LogP contribution in [0.1, 0.15) is 52.9 Å². The van der Waals surface area contributed by atoms with Crippen LogP contribution in [-0.4, -0.2) is 44.1 Å². The lowest BCUT2D eigenvalue weighted by Crippen LogP contribution is -2.48. The topological polar surface area (TPSA) is 66.5 Å². The van der Waals surface area contributed by atoms with E-state index in [2.05, 4.69) is 4.72 Å². The largest absolute Gasteiger partial charge is 0.341 e. The Bertz CT molecular complexity index is 401. The summed E-state index contributed by atoms with van der Waals surface area (Å²) >= 11 is 0. The van der Waals surface area contributed by atoms with Gasteiger partial charge < -0.3 is 4.90 Å². The van der Waals surface area contributed by atoms with Gasteiger partial charge in [0.1, 0.15) is 6.04 Å². The number of hydrogen-bond donors (Lipinski definition) is 1. The summed E-state index contributed by atoms with van der Waals surface area (Å²) in [5.74, 6) is 0.322. The van der Waals surface area contributed by atoms with Crippen molar-refractivity contribution in [1.29, 1.82) is 0 Å². The highest BCUT2D eigenvalue weighted by molar-refractivity contribution is 7.89. The fourth-order valence-electron chi connectivity index (χ4n) is 2.44. The Morgan fingerprint density at radius 1 is 1.25 bits per heavy atom. The molecule has 1 rings (SSSR count). The van der Waals surface area contributed by atoms with E-state index in [9.17, 15) is 13.2 Å². The third-order valence-electron chi connectivity index (χ3n) is 3.51. The molecular formula is C14H28N2O3S.